The maximum absolute atomic E-state index is 13.1. The van der Waals surface area contributed by atoms with E-state index in [9.17, 15) is 13.2 Å². The van der Waals surface area contributed by atoms with Crippen LogP contribution in [-0.4, -0.2) is 32.4 Å². The Labute approximate surface area is 306 Å². The van der Waals surface area contributed by atoms with E-state index in [1.165, 1.54) is 16.3 Å². The van der Waals surface area contributed by atoms with Crippen LogP contribution in [0.4, 0.5) is 13.2 Å². The zero-order valence-electron chi connectivity index (χ0n) is 27.7. The first-order valence-corrected chi connectivity index (χ1v) is 18.4. The molecule has 0 radical (unpaired) electrons. The normalized spacial score (nSPS) is 11.9. The maximum Gasteiger partial charge on any atom is 0.573 e. The number of hydrogen-bond acceptors (Lipinski definition) is 6. The van der Waals surface area contributed by atoms with Crippen molar-refractivity contribution in [1.82, 2.24) is 19.7 Å². The number of benzene rings is 5. The lowest BCUT2D eigenvalue weighted by Gasteiger charge is -2.36. The van der Waals surface area contributed by atoms with Crippen molar-refractivity contribution in [3.8, 4) is 38.7 Å². The van der Waals surface area contributed by atoms with Crippen molar-refractivity contribution in [2.24, 2.45) is 0 Å². The number of thiophene rings is 1. The Morgan fingerprint density at radius 1 is 0.654 bits per heavy atom. The summed E-state index contributed by atoms with van der Waals surface area (Å²) in [4.78, 5) is 10.3. The summed E-state index contributed by atoms with van der Waals surface area (Å²) in [5, 5.41) is 6.24. The molecule has 0 spiro atoms. The van der Waals surface area contributed by atoms with Gasteiger partial charge in [-0.15, -0.1) is 36.3 Å². The summed E-state index contributed by atoms with van der Waals surface area (Å²) in [6, 6.07) is 46.6. The second-order valence-electron chi connectivity index (χ2n) is 12.0. The van der Waals surface area contributed by atoms with Crippen LogP contribution in [0.5, 0.6) is 5.75 Å². The molecular weight excluding hydrogens is 698 g/mol. The van der Waals surface area contributed by atoms with Crippen molar-refractivity contribution in [2.75, 3.05) is 6.26 Å². The van der Waals surface area contributed by atoms with Crippen LogP contribution in [0.25, 0.3) is 43.9 Å². The molecule has 256 valence electrons. The quantitative estimate of drug-likeness (QED) is 0.109. The van der Waals surface area contributed by atoms with Crippen LogP contribution in [0.1, 0.15) is 16.7 Å². The molecule has 0 unspecified atom stereocenters. The second-order valence-corrected chi connectivity index (χ2v) is 14.2. The molecule has 10 heteroatoms. The fraction of sp³-hybridized carbons (Fsp3) is 0.0714. The van der Waals surface area contributed by atoms with Gasteiger partial charge >= 0.3 is 6.36 Å². The SMILES string of the molecule is CSc1ccc(-c2ncnc3ccc(-c4cn(C(c5ccccc5)(c5ccccc5)c5ccccc5)nc4-c4ccc(OC(F)(F)F)cc4)cc23)s1. The molecule has 0 amide bonds. The Balaban J connectivity index is 1.40. The average molecular weight is 727 g/mol. The lowest BCUT2D eigenvalue weighted by molar-refractivity contribution is -0.274. The minimum Gasteiger partial charge on any atom is -0.406 e. The van der Waals surface area contributed by atoms with Crippen molar-refractivity contribution >= 4 is 34.0 Å². The molecule has 0 aliphatic rings. The van der Waals surface area contributed by atoms with E-state index in [-0.39, 0.29) is 5.75 Å². The molecule has 0 saturated carbocycles. The van der Waals surface area contributed by atoms with Crippen molar-refractivity contribution in [2.45, 2.75) is 16.1 Å². The number of ether oxygens (including phenoxy) is 1. The largest absolute Gasteiger partial charge is 0.573 e. The van der Waals surface area contributed by atoms with Crippen molar-refractivity contribution in [3.63, 3.8) is 0 Å². The first-order valence-electron chi connectivity index (χ1n) is 16.4. The highest BCUT2D eigenvalue weighted by atomic mass is 32.2. The topological polar surface area (TPSA) is 52.8 Å². The first-order chi connectivity index (χ1) is 25.3. The van der Waals surface area contributed by atoms with Gasteiger partial charge in [-0.2, -0.15) is 5.10 Å². The van der Waals surface area contributed by atoms with Crippen molar-refractivity contribution in [1.29, 1.82) is 0 Å². The van der Waals surface area contributed by atoms with Crippen molar-refractivity contribution in [3.05, 3.63) is 175 Å². The molecule has 0 aliphatic heterocycles. The lowest BCUT2D eigenvalue weighted by Crippen LogP contribution is -2.38. The molecule has 8 rings (SSSR count). The molecule has 0 aliphatic carbocycles. The second kappa shape index (κ2) is 13.8. The highest BCUT2D eigenvalue weighted by molar-refractivity contribution is 8.00. The van der Waals surface area contributed by atoms with Gasteiger partial charge in [0.1, 0.15) is 23.3 Å². The van der Waals surface area contributed by atoms with Gasteiger partial charge in [-0.3, -0.25) is 4.68 Å². The van der Waals surface area contributed by atoms with E-state index in [2.05, 4.69) is 64.3 Å². The molecule has 0 bridgehead atoms. The van der Waals surface area contributed by atoms with Crippen LogP contribution in [0.15, 0.2) is 162 Å². The predicted octanol–water partition coefficient (Wildman–Crippen LogP) is 11.3. The minimum absolute atomic E-state index is 0.308. The Bertz CT molecular complexity index is 2370. The van der Waals surface area contributed by atoms with Crippen LogP contribution < -0.4 is 4.74 Å². The highest BCUT2D eigenvalue weighted by Crippen LogP contribution is 2.44. The van der Waals surface area contributed by atoms with E-state index in [1.807, 2.05) is 83.9 Å². The zero-order valence-corrected chi connectivity index (χ0v) is 29.3. The lowest BCUT2D eigenvalue weighted by atomic mass is 9.77. The molecule has 3 heterocycles. The van der Waals surface area contributed by atoms with Gasteiger partial charge in [-0.25, -0.2) is 9.97 Å². The molecule has 0 N–H and O–H groups in total. The van der Waals surface area contributed by atoms with E-state index in [0.29, 0.717) is 11.3 Å². The van der Waals surface area contributed by atoms with Gasteiger partial charge in [0, 0.05) is 22.7 Å². The Morgan fingerprint density at radius 2 is 1.25 bits per heavy atom. The number of aromatic nitrogens is 4. The molecule has 5 nitrogen and oxygen atoms in total. The van der Waals surface area contributed by atoms with Crippen LogP contribution in [0.3, 0.4) is 0 Å². The van der Waals surface area contributed by atoms with Gasteiger partial charge in [0.05, 0.1) is 20.3 Å². The highest BCUT2D eigenvalue weighted by Gasteiger charge is 2.40. The van der Waals surface area contributed by atoms with Crippen molar-refractivity contribution < 1.29 is 17.9 Å². The Morgan fingerprint density at radius 3 is 1.81 bits per heavy atom. The molecule has 3 aromatic heterocycles. The molecule has 8 aromatic rings. The molecule has 0 atom stereocenters. The fourth-order valence-corrected chi connectivity index (χ4v) is 8.25. The predicted molar refractivity (Wildman–Crippen MR) is 203 cm³/mol. The number of nitrogens with zero attached hydrogens (tertiary/aromatic N) is 4. The zero-order chi connectivity index (χ0) is 35.7. The van der Waals surface area contributed by atoms with Gasteiger partial charge in [0.25, 0.3) is 0 Å². The maximum atomic E-state index is 13.1. The smallest absolute Gasteiger partial charge is 0.406 e. The summed E-state index contributed by atoms with van der Waals surface area (Å²) in [5.74, 6) is -0.308. The van der Waals surface area contributed by atoms with E-state index < -0.39 is 11.9 Å². The molecular formula is C42H29F3N4OS2. The van der Waals surface area contributed by atoms with E-state index in [4.69, 9.17) is 10.1 Å². The van der Waals surface area contributed by atoms with Gasteiger partial charge in [0.2, 0.25) is 0 Å². The summed E-state index contributed by atoms with van der Waals surface area (Å²) in [6.45, 7) is 0. The average Bonchev–Trinajstić information content (AvgIpc) is 3.84. The third-order valence-electron chi connectivity index (χ3n) is 8.96. The first kappa shape index (κ1) is 33.4. The molecule has 5 aromatic carbocycles. The fourth-order valence-electron chi connectivity index (χ4n) is 6.70. The summed E-state index contributed by atoms with van der Waals surface area (Å²) < 4.78 is 46.7. The Hall–Kier alpha value is -5.71. The third kappa shape index (κ3) is 6.24. The van der Waals surface area contributed by atoms with Crippen LogP contribution in [0.2, 0.25) is 0 Å². The van der Waals surface area contributed by atoms with Gasteiger partial charge < -0.3 is 4.74 Å². The van der Waals surface area contributed by atoms with E-state index >= 15 is 0 Å². The number of halogens is 3. The Kier molecular flexibility index (Phi) is 8.86. The number of thioether (sulfide) groups is 1. The van der Waals surface area contributed by atoms with Gasteiger partial charge in [-0.05, 0) is 77.0 Å². The van der Waals surface area contributed by atoms with Gasteiger partial charge in [-0.1, -0.05) is 97.1 Å². The number of alkyl halides is 3. The number of rotatable bonds is 9. The van der Waals surface area contributed by atoms with Gasteiger partial charge in [0.15, 0.2) is 0 Å². The number of hydrogen-bond donors (Lipinski definition) is 0. The summed E-state index contributed by atoms with van der Waals surface area (Å²) in [7, 11) is 0. The minimum atomic E-state index is -4.81. The van der Waals surface area contributed by atoms with Crippen LogP contribution in [-0.2, 0) is 5.54 Å². The molecule has 0 saturated heterocycles. The molecule has 0 fully saturated rings. The summed E-state index contributed by atoms with van der Waals surface area (Å²) in [6.07, 6.45) is 0.855. The summed E-state index contributed by atoms with van der Waals surface area (Å²) >= 11 is 3.36. The van der Waals surface area contributed by atoms with E-state index in [1.54, 1.807) is 41.6 Å². The standard InChI is InChI=1S/C42H29F3N4OS2/c1-51-38-24-23-37(52-38)40-34-25-29(19-22-36(34)46-27-47-40)35-26-49(48-39(35)28-17-20-33(21-18-28)50-42(43,44)45)41(30-11-5-2-6-12-30,31-13-7-3-8-14-31)32-15-9-4-10-16-32/h2-27H,1H3. The molecule has 52 heavy (non-hydrogen) atoms. The van der Waals surface area contributed by atoms with Crippen LogP contribution >= 0.6 is 23.1 Å². The number of fused-ring (bicyclic) bond motifs is 1. The summed E-state index contributed by atoms with van der Waals surface area (Å²) in [5.41, 5.74) is 6.49. The van der Waals surface area contributed by atoms with Crippen LogP contribution in [0, 0.1) is 0 Å². The monoisotopic (exact) mass is 726 g/mol. The third-order valence-corrected chi connectivity index (χ3v) is 11.1. The van der Waals surface area contributed by atoms with E-state index in [0.717, 1.165) is 49.3 Å².